The predicted octanol–water partition coefficient (Wildman–Crippen LogP) is 2.43. The van der Waals surface area contributed by atoms with Gasteiger partial charge in [-0.25, -0.2) is 0 Å². The first-order chi connectivity index (χ1) is 11.4. The predicted molar refractivity (Wildman–Crippen MR) is 89.8 cm³/mol. The molecule has 1 saturated heterocycles. The molecular formula is C18H27N3O3. The molecule has 1 aromatic rings. The molecular weight excluding hydrogens is 306 g/mol. The number of carboxylic acids is 1. The minimum absolute atomic E-state index is 0.0436. The molecule has 2 aliphatic rings. The van der Waals surface area contributed by atoms with Gasteiger partial charge in [-0.3, -0.25) is 14.3 Å². The lowest BCUT2D eigenvalue weighted by molar-refractivity contribution is -0.139. The molecule has 0 aromatic carbocycles. The van der Waals surface area contributed by atoms with Gasteiger partial charge in [0.15, 0.2) is 0 Å². The van der Waals surface area contributed by atoms with Crippen LogP contribution in [0, 0.1) is 17.3 Å². The van der Waals surface area contributed by atoms with E-state index < -0.39 is 5.97 Å². The van der Waals surface area contributed by atoms with Crippen LogP contribution in [0.25, 0.3) is 0 Å². The summed E-state index contributed by atoms with van der Waals surface area (Å²) in [5.41, 5.74) is 1.67. The van der Waals surface area contributed by atoms with Crippen LogP contribution >= 0.6 is 0 Å². The largest absolute Gasteiger partial charge is 0.481 e. The Bertz CT molecular complexity index is 642. The highest BCUT2D eigenvalue weighted by atomic mass is 16.4. The molecule has 24 heavy (non-hydrogen) atoms. The minimum Gasteiger partial charge on any atom is -0.481 e. The third-order valence-corrected chi connectivity index (χ3v) is 5.59. The fraction of sp³-hybridized carbons (Fsp3) is 0.722. The van der Waals surface area contributed by atoms with Crippen LogP contribution in [-0.4, -0.2) is 44.8 Å². The van der Waals surface area contributed by atoms with Gasteiger partial charge in [-0.05, 0) is 37.0 Å². The summed E-state index contributed by atoms with van der Waals surface area (Å²) in [7, 11) is 0. The van der Waals surface area contributed by atoms with E-state index in [9.17, 15) is 14.7 Å². The highest BCUT2D eigenvalue weighted by molar-refractivity contribution is 5.95. The van der Waals surface area contributed by atoms with E-state index in [1.165, 1.54) is 0 Å². The molecule has 1 aliphatic carbocycles. The van der Waals surface area contributed by atoms with E-state index in [-0.39, 0.29) is 17.2 Å². The van der Waals surface area contributed by atoms with Gasteiger partial charge in [0.05, 0.1) is 23.4 Å². The van der Waals surface area contributed by atoms with E-state index in [0.717, 1.165) is 37.9 Å². The molecule has 2 fully saturated rings. The fourth-order valence-electron chi connectivity index (χ4n) is 4.04. The van der Waals surface area contributed by atoms with Gasteiger partial charge in [-0.2, -0.15) is 5.10 Å². The molecule has 1 aliphatic heterocycles. The van der Waals surface area contributed by atoms with Gasteiger partial charge in [0.1, 0.15) is 0 Å². The Morgan fingerprint density at radius 2 is 2.04 bits per heavy atom. The molecule has 132 valence electrons. The first-order valence-electron chi connectivity index (χ1n) is 8.94. The Morgan fingerprint density at radius 1 is 1.38 bits per heavy atom. The summed E-state index contributed by atoms with van der Waals surface area (Å²) in [6.45, 7) is 8.46. The zero-order valence-corrected chi connectivity index (χ0v) is 14.8. The van der Waals surface area contributed by atoms with Gasteiger partial charge < -0.3 is 10.0 Å². The van der Waals surface area contributed by atoms with E-state index in [0.29, 0.717) is 24.6 Å². The van der Waals surface area contributed by atoms with Crippen molar-refractivity contribution in [1.82, 2.24) is 14.7 Å². The van der Waals surface area contributed by atoms with Crippen LogP contribution in [-0.2, 0) is 17.8 Å². The molecule has 6 nitrogen and oxygen atoms in total. The van der Waals surface area contributed by atoms with E-state index in [4.69, 9.17) is 0 Å². The lowest BCUT2D eigenvalue weighted by atomic mass is 9.90. The van der Waals surface area contributed by atoms with Crippen LogP contribution < -0.4 is 0 Å². The molecule has 1 unspecified atom stereocenters. The summed E-state index contributed by atoms with van der Waals surface area (Å²) in [5, 5.41) is 13.6. The van der Waals surface area contributed by atoms with E-state index >= 15 is 0 Å². The summed E-state index contributed by atoms with van der Waals surface area (Å²) < 4.78 is 1.95. The molecule has 0 bridgehead atoms. The molecule has 1 aromatic heterocycles. The topological polar surface area (TPSA) is 75.4 Å². The number of rotatable bonds is 5. The Labute approximate surface area is 142 Å². The Hall–Kier alpha value is -1.85. The Morgan fingerprint density at radius 3 is 2.54 bits per heavy atom. The van der Waals surface area contributed by atoms with Crippen molar-refractivity contribution in [2.24, 2.45) is 17.3 Å². The monoisotopic (exact) mass is 333 g/mol. The number of aromatic nitrogens is 2. The van der Waals surface area contributed by atoms with Crippen LogP contribution in [0.3, 0.4) is 0 Å². The second-order valence-corrected chi connectivity index (χ2v) is 7.68. The molecule has 1 amide bonds. The van der Waals surface area contributed by atoms with Crippen LogP contribution in [0.1, 0.15) is 56.1 Å². The second kappa shape index (κ2) is 6.22. The molecule has 1 atom stereocenters. The van der Waals surface area contributed by atoms with Crippen molar-refractivity contribution in [3.63, 3.8) is 0 Å². The molecule has 1 N–H and O–H groups in total. The van der Waals surface area contributed by atoms with Gasteiger partial charge in [0.25, 0.3) is 5.91 Å². The highest BCUT2D eigenvalue weighted by Crippen LogP contribution is 2.59. The number of hydrogen-bond acceptors (Lipinski definition) is 3. The maximum absolute atomic E-state index is 12.9. The summed E-state index contributed by atoms with van der Waals surface area (Å²) in [6.07, 6.45) is 4.86. The number of piperidine rings is 1. The Balaban J connectivity index is 1.68. The highest BCUT2D eigenvalue weighted by Gasteiger charge is 2.59. The number of aliphatic carboxylic acids is 1. The van der Waals surface area contributed by atoms with Crippen molar-refractivity contribution in [2.45, 2.75) is 53.0 Å². The number of carboxylic acid groups (broad SMARTS) is 1. The van der Waals surface area contributed by atoms with Crippen molar-refractivity contribution in [3.8, 4) is 0 Å². The lowest BCUT2D eigenvalue weighted by Gasteiger charge is -2.32. The third kappa shape index (κ3) is 2.94. The summed E-state index contributed by atoms with van der Waals surface area (Å²) >= 11 is 0. The zero-order chi connectivity index (χ0) is 17.5. The minimum atomic E-state index is -0.682. The van der Waals surface area contributed by atoms with Crippen molar-refractivity contribution >= 4 is 11.9 Å². The molecule has 1 spiro atoms. The van der Waals surface area contributed by atoms with Crippen LogP contribution in [0.5, 0.6) is 0 Å². The zero-order valence-electron chi connectivity index (χ0n) is 14.8. The van der Waals surface area contributed by atoms with Gasteiger partial charge in [-0.1, -0.05) is 20.8 Å². The molecule has 1 saturated carbocycles. The fourth-order valence-corrected chi connectivity index (χ4v) is 4.04. The van der Waals surface area contributed by atoms with Crippen LogP contribution in [0.15, 0.2) is 6.20 Å². The number of likely N-dealkylation sites (tertiary alicyclic amines) is 1. The van der Waals surface area contributed by atoms with Crippen molar-refractivity contribution in [1.29, 1.82) is 0 Å². The molecule has 6 heteroatoms. The van der Waals surface area contributed by atoms with Crippen molar-refractivity contribution in [2.75, 3.05) is 13.1 Å². The van der Waals surface area contributed by atoms with Gasteiger partial charge in [0.2, 0.25) is 0 Å². The number of nitrogens with zero attached hydrogens (tertiary/aromatic N) is 3. The average molecular weight is 333 g/mol. The normalized spacial score (nSPS) is 22.2. The lowest BCUT2D eigenvalue weighted by Crippen LogP contribution is -2.40. The summed E-state index contributed by atoms with van der Waals surface area (Å²) in [4.78, 5) is 25.9. The third-order valence-electron chi connectivity index (χ3n) is 5.59. The van der Waals surface area contributed by atoms with Gasteiger partial charge >= 0.3 is 5.97 Å². The van der Waals surface area contributed by atoms with Gasteiger partial charge in [0, 0.05) is 19.6 Å². The summed E-state index contributed by atoms with van der Waals surface area (Å²) in [6, 6.07) is 0. The van der Waals surface area contributed by atoms with Crippen molar-refractivity contribution in [3.05, 3.63) is 17.5 Å². The summed E-state index contributed by atoms with van der Waals surface area (Å²) in [5.74, 6) is -0.354. The number of carbonyl (C=O) groups is 2. The number of hydrogen-bond donors (Lipinski definition) is 1. The van der Waals surface area contributed by atoms with E-state index in [2.05, 4.69) is 25.9 Å². The first-order valence-corrected chi connectivity index (χ1v) is 8.94. The van der Waals surface area contributed by atoms with E-state index in [1.807, 2.05) is 9.58 Å². The second-order valence-electron chi connectivity index (χ2n) is 7.68. The van der Waals surface area contributed by atoms with Gasteiger partial charge in [-0.15, -0.1) is 0 Å². The first kappa shape index (κ1) is 17.0. The quantitative estimate of drug-likeness (QED) is 0.898. The standard InChI is InChI=1S/C18H27N3O3/c1-4-15-13(10-19-21(15)11-12(2)3)16(22)20-7-5-18(6-8-20)9-14(18)17(23)24/h10,12,14H,4-9,11H2,1-3H3,(H,23,24). The van der Waals surface area contributed by atoms with Crippen molar-refractivity contribution < 1.29 is 14.7 Å². The van der Waals surface area contributed by atoms with E-state index in [1.54, 1.807) is 6.20 Å². The SMILES string of the molecule is CCc1c(C(=O)N2CCC3(CC2)CC3C(=O)O)cnn1CC(C)C. The maximum atomic E-state index is 12.9. The Kier molecular flexibility index (Phi) is 4.40. The average Bonchev–Trinajstić information content (AvgIpc) is 3.09. The number of carbonyl (C=O) groups excluding carboxylic acids is 1. The molecule has 3 rings (SSSR count). The van der Waals surface area contributed by atoms with Crippen LogP contribution in [0.4, 0.5) is 0 Å². The molecule has 0 radical (unpaired) electrons. The smallest absolute Gasteiger partial charge is 0.307 e. The molecule has 2 heterocycles. The number of amides is 1. The maximum Gasteiger partial charge on any atom is 0.307 e. The van der Waals surface area contributed by atoms with Crippen LogP contribution in [0.2, 0.25) is 0 Å².